The van der Waals surface area contributed by atoms with Crippen LogP contribution in [0.1, 0.15) is 38.5 Å². The number of hydrogen-bond donors (Lipinski definition) is 0. The molecule has 0 aromatic carbocycles. The standard InChI is InChI=1S/C16H23FN2O3/c17-16(4-5-16)15(21)19-8-3-11-9-12(22-13(11)10-19)14(20)18-6-1-2-7-18/h11-13H,1-10H2/t11-,12+,13+/m0/s1. The molecule has 4 rings (SSSR count). The van der Waals surface area contributed by atoms with Gasteiger partial charge in [-0.2, -0.15) is 0 Å². The predicted molar refractivity (Wildman–Crippen MR) is 76.9 cm³/mol. The summed E-state index contributed by atoms with van der Waals surface area (Å²) in [6.07, 6.45) is 3.97. The maximum absolute atomic E-state index is 13.9. The van der Waals surface area contributed by atoms with Gasteiger partial charge in [0.25, 0.3) is 11.8 Å². The number of alkyl halides is 1. The van der Waals surface area contributed by atoms with Crippen molar-refractivity contribution in [3.05, 3.63) is 0 Å². The first-order chi connectivity index (χ1) is 10.6. The van der Waals surface area contributed by atoms with Crippen molar-refractivity contribution in [3.63, 3.8) is 0 Å². The van der Waals surface area contributed by atoms with E-state index in [1.54, 1.807) is 4.90 Å². The van der Waals surface area contributed by atoms with Crippen LogP contribution in [0.2, 0.25) is 0 Å². The number of rotatable bonds is 2. The molecule has 1 saturated carbocycles. The Morgan fingerprint density at radius 3 is 2.50 bits per heavy atom. The average Bonchev–Trinajstić information content (AvgIpc) is 2.99. The summed E-state index contributed by atoms with van der Waals surface area (Å²) in [6, 6.07) is 0. The lowest BCUT2D eigenvalue weighted by Gasteiger charge is -2.34. The molecule has 1 aliphatic carbocycles. The Labute approximate surface area is 129 Å². The number of ether oxygens (including phenoxy) is 1. The Morgan fingerprint density at radius 2 is 1.82 bits per heavy atom. The predicted octanol–water partition coefficient (Wildman–Crippen LogP) is 1.12. The van der Waals surface area contributed by atoms with Gasteiger partial charge in [-0.1, -0.05) is 0 Å². The van der Waals surface area contributed by atoms with Gasteiger partial charge in [-0.15, -0.1) is 0 Å². The molecule has 0 aromatic rings. The highest BCUT2D eigenvalue weighted by atomic mass is 19.1. The van der Waals surface area contributed by atoms with Crippen LogP contribution in [0.15, 0.2) is 0 Å². The Hall–Kier alpha value is -1.17. The fourth-order valence-electron chi connectivity index (χ4n) is 4.02. The van der Waals surface area contributed by atoms with Gasteiger partial charge in [0.1, 0.15) is 6.10 Å². The summed E-state index contributed by atoms with van der Waals surface area (Å²) in [6.45, 7) is 2.71. The fraction of sp³-hybridized carbons (Fsp3) is 0.875. The molecule has 0 N–H and O–H groups in total. The van der Waals surface area contributed by atoms with E-state index in [2.05, 4.69) is 0 Å². The second kappa shape index (κ2) is 5.18. The first kappa shape index (κ1) is 14.4. The van der Waals surface area contributed by atoms with Crippen molar-refractivity contribution in [1.29, 1.82) is 0 Å². The molecule has 5 nitrogen and oxygen atoms in total. The van der Waals surface area contributed by atoms with Crippen molar-refractivity contribution in [2.75, 3.05) is 26.2 Å². The molecule has 122 valence electrons. The van der Waals surface area contributed by atoms with E-state index in [4.69, 9.17) is 4.74 Å². The zero-order valence-electron chi connectivity index (χ0n) is 12.8. The first-order valence-electron chi connectivity index (χ1n) is 8.49. The number of halogens is 1. The minimum atomic E-state index is -1.60. The summed E-state index contributed by atoms with van der Waals surface area (Å²) in [5.41, 5.74) is -1.60. The van der Waals surface area contributed by atoms with Crippen LogP contribution in [0.3, 0.4) is 0 Å². The molecule has 6 heteroatoms. The van der Waals surface area contributed by atoms with Crippen LogP contribution in [0, 0.1) is 5.92 Å². The first-order valence-corrected chi connectivity index (χ1v) is 8.49. The SMILES string of the molecule is O=C([C@H]1C[C@@H]2CCN(C(=O)C3(F)CC3)C[C@H]2O1)N1CCCC1. The van der Waals surface area contributed by atoms with E-state index in [1.165, 1.54) is 0 Å². The summed E-state index contributed by atoms with van der Waals surface area (Å²) in [4.78, 5) is 28.1. The lowest BCUT2D eigenvalue weighted by molar-refractivity contribution is -0.146. The normalized spacial score (nSPS) is 36.3. The third kappa shape index (κ3) is 2.41. The zero-order valence-corrected chi connectivity index (χ0v) is 12.8. The molecular weight excluding hydrogens is 287 g/mol. The Morgan fingerprint density at radius 1 is 1.09 bits per heavy atom. The third-order valence-corrected chi connectivity index (χ3v) is 5.60. The average molecular weight is 310 g/mol. The summed E-state index contributed by atoms with van der Waals surface area (Å²) in [7, 11) is 0. The van der Waals surface area contributed by atoms with Gasteiger partial charge in [0.2, 0.25) is 0 Å². The van der Waals surface area contributed by atoms with E-state index >= 15 is 0 Å². The topological polar surface area (TPSA) is 49.9 Å². The lowest BCUT2D eigenvalue weighted by Crippen LogP contribution is -2.48. The van der Waals surface area contributed by atoms with Gasteiger partial charge in [0, 0.05) is 26.2 Å². The fourth-order valence-corrected chi connectivity index (χ4v) is 4.02. The lowest BCUT2D eigenvalue weighted by atomic mass is 9.91. The van der Waals surface area contributed by atoms with Crippen LogP contribution in [0.25, 0.3) is 0 Å². The van der Waals surface area contributed by atoms with Crippen LogP contribution in [0.4, 0.5) is 4.39 Å². The number of amides is 2. The summed E-state index contributed by atoms with van der Waals surface area (Å²) in [5.74, 6) is 0.0631. The quantitative estimate of drug-likeness (QED) is 0.768. The van der Waals surface area contributed by atoms with E-state index in [0.29, 0.717) is 31.8 Å². The molecule has 0 radical (unpaired) electrons. The summed E-state index contributed by atoms with van der Waals surface area (Å²) >= 11 is 0. The van der Waals surface area contributed by atoms with Crippen LogP contribution in [0.5, 0.6) is 0 Å². The highest BCUT2D eigenvalue weighted by Gasteiger charge is 2.54. The van der Waals surface area contributed by atoms with E-state index in [0.717, 1.165) is 38.8 Å². The number of piperidine rings is 1. The number of fused-ring (bicyclic) bond motifs is 1. The van der Waals surface area contributed by atoms with Crippen LogP contribution >= 0.6 is 0 Å². The molecule has 0 unspecified atom stereocenters. The van der Waals surface area contributed by atoms with E-state index in [9.17, 15) is 14.0 Å². The second-order valence-corrected chi connectivity index (χ2v) is 7.20. The van der Waals surface area contributed by atoms with Gasteiger partial charge in [0.15, 0.2) is 5.67 Å². The summed E-state index contributed by atoms with van der Waals surface area (Å²) in [5, 5.41) is 0. The maximum Gasteiger partial charge on any atom is 0.260 e. The third-order valence-electron chi connectivity index (χ3n) is 5.60. The molecule has 0 bridgehead atoms. The molecule has 3 aliphatic heterocycles. The molecule has 3 heterocycles. The number of hydrogen-bond acceptors (Lipinski definition) is 3. The van der Waals surface area contributed by atoms with Gasteiger partial charge < -0.3 is 14.5 Å². The van der Waals surface area contributed by atoms with Crippen molar-refractivity contribution in [2.45, 2.75) is 56.4 Å². The highest BCUT2D eigenvalue weighted by Crippen LogP contribution is 2.43. The minimum Gasteiger partial charge on any atom is -0.363 e. The second-order valence-electron chi connectivity index (χ2n) is 7.20. The largest absolute Gasteiger partial charge is 0.363 e. The Bertz CT molecular complexity index is 488. The number of nitrogens with zero attached hydrogens (tertiary/aromatic N) is 2. The molecule has 2 amide bonds. The van der Waals surface area contributed by atoms with E-state index in [1.807, 2.05) is 4.90 Å². The molecule has 4 aliphatic rings. The van der Waals surface area contributed by atoms with Gasteiger partial charge in [0.05, 0.1) is 6.10 Å². The molecule has 3 atom stereocenters. The molecule has 4 fully saturated rings. The van der Waals surface area contributed by atoms with Crippen LogP contribution in [-0.2, 0) is 14.3 Å². The van der Waals surface area contributed by atoms with Crippen molar-refractivity contribution in [1.82, 2.24) is 9.80 Å². The van der Waals surface area contributed by atoms with E-state index in [-0.39, 0.29) is 24.0 Å². The van der Waals surface area contributed by atoms with Gasteiger partial charge in [-0.05, 0) is 44.4 Å². The molecule has 0 spiro atoms. The molecule has 3 saturated heterocycles. The molecular formula is C16H23FN2O3. The van der Waals surface area contributed by atoms with Crippen molar-refractivity contribution in [3.8, 4) is 0 Å². The summed E-state index contributed by atoms with van der Waals surface area (Å²) < 4.78 is 19.9. The number of carbonyl (C=O) groups is 2. The zero-order chi connectivity index (χ0) is 15.3. The molecule has 22 heavy (non-hydrogen) atoms. The highest BCUT2D eigenvalue weighted by molar-refractivity contribution is 5.88. The molecule has 0 aromatic heterocycles. The van der Waals surface area contributed by atoms with Crippen molar-refractivity contribution < 1.29 is 18.7 Å². The monoisotopic (exact) mass is 310 g/mol. The van der Waals surface area contributed by atoms with Gasteiger partial charge in [-0.25, -0.2) is 4.39 Å². The van der Waals surface area contributed by atoms with Crippen molar-refractivity contribution in [2.24, 2.45) is 5.92 Å². The Kier molecular flexibility index (Phi) is 3.40. The number of likely N-dealkylation sites (tertiary alicyclic amines) is 2. The van der Waals surface area contributed by atoms with Crippen LogP contribution < -0.4 is 0 Å². The number of carbonyl (C=O) groups excluding carboxylic acids is 2. The van der Waals surface area contributed by atoms with Crippen LogP contribution in [-0.4, -0.2) is 65.7 Å². The van der Waals surface area contributed by atoms with Crippen molar-refractivity contribution >= 4 is 11.8 Å². The Balaban J connectivity index is 1.37. The maximum atomic E-state index is 13.9. The van der Waals surface area contributed by atoms with E-state index < -0.39 is 5.67 Å². The smallest absolute Gasteiger partial charge is 0.260 e. The van der Waals surface area contributed by atoms with Gasteiger partial charge >= 0.3 is 0 Å². The minimum absolute atomic E-state index is 0.100. The van der Waals surface area contributed by atoms with Gasteiger partial charge in [-0.3, -0.25) is 9.59 Å².